The maximum absolute atomic E-state index is 12.3. The summed E-state index contributed by atoms with van der Waals surface area (Å²) in [5.74, 6) is -0.118. The van der Waals surface area contributed by atoms with E-state index in [0.29, 0.717) is 18.9 Å². The van der Waals surface area contributed by atoms with Gasteiger partial charge in [-0.1, -0.05) is 29.3 Å². The maximum atomic E-state index is 12.3. The van der Waals surface area contributed by atoms with Gasteiger partial charge in [-0.15, -0.1) is 0 Å². The van der Waals surface area contributed by atoms with Crippen molar-refractivity contribution in [2.45, 2.75) is 58.5 Å². The zero-order chi connectivity index (χ0) is 19.2. The number of carbonyl (C=O) groups is 2. The Morgan fingerprint density at radius 2 is 1.74 bits per heavy atom. The maximum Gasteiger partial charge on any atom is 0.320 e. The highest BCUT2D eigenvalue weighted by molar-refractivity contribution is 5.81. The van der Waals surface area contributed by atoms with Gasteiger partial charge in [0.05, 0.1) is 0 Å². The number of likely N-dealkylation sites (tertiary alicyclic amines) is 2. The van der Waals surface area contributed by atoms with E-state index >= 15 is 0 Å². The van der Waals surface area contributed by atoms with Crippen LogP contribution in [-0.2, 0) is 16.1 Å². The molecular weight excluding hydrogens is 340 g/mol. The quantitative estimate of drug-likeness (QED) is 0.885. The summed E-state index contributed by atoms with van der Waals surface area (Å²) in [6.07, 6.45) is 4.66. The van der Waals surface area contributed by atoms with E-state index in [9.17, 15) is 14.7 Å². The molecule has 0 radical (unpaired) electrons. The van der Waals surface area contributed by atoms with Crippen molar-refractivity contribution in [3.8, 4) is 0 Å². The van der Waals surface area contributed by atoms with Crippen molar-refractivity contribution >= 4 is 11.9 Å². The van der Waals surface area contributed by atoms with Crippen molar-refractivity contribution in [1.29, 1.82) is 0 Å². The minimum Gasteiger partial charge on any atom is -0.480 e. The van der Waals surface area contributed by atoms with Gasteiger partial charge in [0.2, 0.25) is 5.91 Å². The fourth-order valence-corrected chi connectivity index (χ4v) is 5.10. The average Bonchev–Trinajstić information content (AvgIpc) is 3.38. The van der Waals surface area contributed by atoms with Crippen LogP contribution in [0, 0.1) is 25.2 Å². The van der Waals surface area contributed by atoms with E-state index in [1.807, 2.05) is 4.90 Å². The lowest BCUT2D eigenvalue weighted by atomic mass is 9.76. The number of rotatable bonds is 4. The first-order valence-corrected chi connectivity index (χ1v) is 10.2. The van der Waals surface area contributed by atoms with Crippen molar-refractivity contribution in [2.75, 3.05) is 19.6 Å². The van der Waals surface area contributed by atoms with Gasteiger partial charge in [-0.25, -0.2) is 0 Å². The summed E-state index contributed by atoms with van der Waals surface area (Å²) in [4.78, 5) is 28.4. The number of hydrogen-bond acceptors (Lipinski definition) is 3. The second kappa shape index (κ2) is 6.93. The van der Waals surface area contributed by atoms with Crippen LogP contribution >= 0.6 is 0 Å². The Bertz CT molecular complexity index is 728. The Morgan fingerprint density at radius 1 is 1.11 bits per heavy atom. The van der Waals surface area contributed by atoms with Gasteiger partial charge in [-0.2, -0.15) is 0 Å². The number of carboxylic acid groups (broad SMARTS) is 1. The Morgan fingerprint density at radius 3 is 2.30 bits per heavy atom. The van der Waals surface area contributed by atoms with E-state index in [2.05, 4.69) is 36.9 Å². The predicted octanol–water partition coefficient (Wildman–Crippen LogP) is 2.98. The number of nitrogens with zero attached hydrogens (tertiary/aromatic N) is 2. The Kier molecular flexibility index (Phi) is 4.75. The standard InChI is InChI=1S/C22H30N2O3/c1-15-9-16(2)11-17(10-15)13-24-14-22(12-19(24)21(26)27)5-7-23(8-6-22)20(25)18-3-4-18/h9-11,18-19H,3-8,12-14H2,1-2H3,(H,26,27)/t19-/m0/s1. The normalized spacial score (nSPS) is 25.1. The molecule has 1 saturated carbocycles. The molecule has 27 heavy (non-hydrogen) atoms. The molecule has 2 aliphatic heterocycles. The molecule has 1 aliphatic carbocycles. The third-order valence-electron chi connectivity index (χ3n) is 6.62. The van der Waals surface area contributed by atoms with Crippen LogP contribution in [0.2, 0.25) is 0 Å². The van der Waals surface area contributed by atoms with Crippen LogP contribution in [0.25, 0.3) is 0 Å². The molecule has 1 atom stereocenters. The number of carbonyl (C=O) groups excluding carboxylic acids is 1. The number of piperidine rings is 1. The molecule has 1 N–H and O–H groups in total. The van der Waals surface area contributed by atoms with E-state index in [1.54, 1.807) is 0 Å². The fraction of sp³-hybridized carbons (Fsp3) is 0.636. The van der Waals surface area contributed by atoms with Gasteiger partial charge in [0.15, 0.2) is 0 Å². The van der Waals surface area contributed by atoms with Crippen LogP contribution in [0.1, 0.15) is 48.8 Å². The summed E-state index contributed by atoms with van der Waals surface area (Å²) in [7, 11) is 0. The lowest BCUT2D eigenvalue weighted by Crippen LogP contribution is -2.44. The number of benzene rings is 1. The van der Waals surface area contributed by atoms with E-state index < -0.39 is 12.0 Å². The predicted molar refractivity (Wildman–Crippen MR) is 103 cm³/mol. The molecule has 0 unspecified atom stereocenters. The van der Waals surface area contributed by atoms with Crippen LogP contribution in [0.4, 0.5) is 0 Å². The van der Waals surface area contributed by atoms with E-state index in [1.165, 1.54) is 16.7 Å². The lowest BCUT2D eigenvalue weighted by molar-refractivity contribution is -0.142. The van der Waals surface area contributed by atoms with Crippen molar-refractivity contribution in [3.05, 3.63) is 34.9 Å². The zero-order valence-electron chi connectivity index (χ0n) is 16.4. The number of aliphatic carboxylic acids is 1. The SMILES string of the molecule is Cc1cc(C)cc(CN2CC3(CCN(C(=O)C4CC4)CC3)C[C@H]2C(=O)O)c1. The third-order valence-corrected chi connectivity index (χ3v) is 6.62. The minimum absolute atomic E-state index is 0.0439. The largest absolute Gasteiger partial charge is 0.480 e. The van der Waals surface area contributed by atoms with Crippen LogP contribution in [0.15, 0.2) is 18.2 Å². The lowest BCUT2D eigenvalue weighted by Gasteiger charge is -2.39. The highest BCUT2D eigenvalue weighted by atomic mass is 16.4. The van der Waals surface area contributed by atoms with Gasteiger partial charge in [0, 0.05) is 32.1 Å². The summed E-state index contributed by atoms with van der Waals surface area (Å²) in [5.41, 5.74) is 3.68. The molecular formula is C22H30N2O3. The molecule has 1 spiro atoms. The van der Waals surface area contributed by atoms with Crippen LogP contribution in [0.5, 0.6) is 0 Å². The highest BCUT2D eigenvalue weighted by Gasteiger charge is 2.49. The van der Waals surface area contributed by atoms with Crippen molar-refractivity contribution < 1.29 is 14.7 Å². The first-order valence-electron chi connectivity index (χ1n) is 10.2. The fourth-order valence-electron chi connectivity index (χ4n) is 5.10. The second-order valence-electron chi connectivity index (χ2n) is 9.06. The topological polar surface area (TPSA) is 60.9 Å². The Labute approximate surface area is 161 Å². The van der Waals surface area contributed by atoms with Gasteiger partial charge in [0.1, 0.15) is 6.04 Å². The van der Waals surface area contributed by atoms with Gasteiger partial charge < -0.3 is 10.0 Å². The summed E-state index contributed by atoms with van der Waals surface area (Å²) >= 11 is 0. The molecule has 4 rings (SSSR count). The molecule has 2 saturated heterocycles. The molecule has 2 heterocycles. The van der Waals surface area contributed by atoms with Crippen molar-refractivity contribution in [3.63, 3.8) is 0 Å². The smallest absolute Gasteiger partial charge is 0.320 e. The number of amides is 1. The van der Waals surface area contributed by atoms with E-state index in [-0.39, 0.29) is 11.3 Å². The first-order chi connectivity index (χ1) is 12.8. The monoisotopic (exact) mass is 370 g/mol. The summed E-state index contributed by atoms with van der Waals surface area (Å²) in [5, 5.41) is 9.80. The third kappa shape index (κ3) is 3.88. The number of aryl methyl sites for hydroxylation is 2. The van der Waals surface area contributed by atoms with Crippen molar-refractivity contribution in [1.82, 2.24) is 9.80 Å². The van der Waals surface area contributed by atoms with Crippen LogP contribution in [0.3, 0.4) is 0 Å². The average molecular weight is 370 g/mol. The molecule has 0 bridgehead atoms. The summed E-state index contributed by atoms with van der Waals surface area (Å²) < 4.78 is 0. The Balaban J connectivity index is 1.45. The van der Waals surface area contributed by atoms with E-state index in [0.717, 1.165) is 45.3 Å². The van der Waals surface area contributed by atoms with Gasteiger partial charge in [0.25, 0.3) is 0 Å². The molecule has 3 fully saturated rings. The molecule has 5 nitrogen and oxygen atoms in total. The zero-order valence-corrected chi connectivity index (χ0v) is 16.4. The molecule has 1 aromatic carbocycles. The van der Waals surface area contributed by atoms with Crippen LogP contribution < -0.4 is 0 Å². The summed E-state index contributed by atoms with van der Waals surface area (Å²) in [6, 6.07) is 6.05. The molecule has 1 aromatic rings. The molecule has 0 aromatic heterocycles. The Hall–Kier alpha value is -1.88. The van der Waals surface area contributed by atoms with Gasteiger partial charge >= 0.3 is 5.97 Å². The highest BCUT2D eigenvalue weighted by Crippen LogP contribution is 2.45. The summed E-state index contributed by atoms with van der Waals surface area (Å²) in [6.45, 7) is 7.26. The van der Waals surface area contributed by atoms with Gasteiger partial charge in [-0.3, -0.25) is 14.5 Å². The minimum atomic E-state index is -0.715. The van der Waals surface area contributed by atoms with Crippen molar-refractivity contribution in [2.24, 2.45) is 11.3 Å². The number of hydrogen-bond donors (Lipinski definition) is 1. The first kappa shape index (κ1) is 18.5. The van der Waals surface area contributed by atoms with Crippen LogP contribution in [-0.4, -0.2) is 52.5 Å². The molecule has 5 heteroatoms. The molecule has 3 aliphatic rings. The van der Waals surface area contributed by atoms with E-state index in [4.69, 9.17) is 0 Å². The number of carboxylic acids is 1. The molecule has 1 amide bonds. The van der Waals surface area contributed by atoms with Gasteiger partial charge in [-0.05, 0) is 56.9 Å². The molecule has 146 valence electrons. The second-order valence-corrected chi connectivity index (χ2v) is 9.06.